The van der Waals surface area contributed by atoms with Gasteiger partial charge in [0.1, 0.15) is 0 Å². The van der Waals surface area contributed by atoms with E-state index in [1.165, 1.54) is 51.4 Å². The van der Waals surface area contributed by atoms with E-state index in [-0.39, 0.29) is 0 Å². The van der Waals surface area contributed by atoms with Gasteiger partial charge in [0.15, 0.2) is 0 Å². The maximum absolute atomic E-state index is 2.47. The highest BCUT2D eigenvalue weighted by atomic mass is 14.2. The highest BCUT2D eigenvalue weighted by molar-refractivity contribution is 4.69. The van der Waals surface area contributed by atoms with Crippen LogP contribution >= 0.6 is 0 Å². The third-order valence-corrected chi connectivity index (χ3v) is 4.36. The topological polar surface area (TPSA) is 0 Å². The van der Waals surface area contributed by atoms with Crippen molar-refractivity contribution in [1.82, 2.24) is 0 Å². The quantitative estimate of drug-likeness (QED) is 0.510. The van der Waals surface area contributed by atoms with Gasteiger partial charge in [0, 0.05) is 0 Å². The molecule has 2 unspecified atom stereocenters. The van der Waals surface area contributed by atoms with Crippen LogP contribution in [0.3, 0.4) is 0 Å². The van der Waals surface area contributed by atoms with Crippen molar-refractivity contribution in [1.29, 1.82) is 0 Å². The standard InChI is InChI=1S/C14H28/c1-12-10-8-6-4-5-7-9-11-13(2)14(12)3/h12-14H,4-11H2,1-3H3. The lowest BCUT2D eigenvalue weighted by molar-refractivity contribution is 0.248. The van der Waals surface area contributed by atoms with Crippen molar-refractivity contribution in [3.8, 4) is 0 Å². The molecular weight excluding hydrogens is 168 g/mol. The molecule has 0 bridgehead atoms. The van der Waals surface area contributed by atoms with E-state index in [0.29, 0.717) is 0 Å². The molecule has 0 nitrogen and oxygen atoms in total. The first-order valence-corrected chi connectivity index (χ1v) is 6.72. The monoisotopic (exact) mass is 196 g/mol. The minimum Gasteiger partial charge on any atom is -0.0622 e. The summed E-state index contributed by atoms with van der Waals surface area (Å²) in [6.45, 7) is 7.38. The first-order valence-electron chi connectivity index (χ1n) is 6.72. The number of hydrogen-bond donors (Lipinski definition) is 0. The van der Waals surface area contributed by atoms with Crippen LogP contribution in [0.1, 0.15) is 72.1 Å². The molecule has 0 aromatic carbocycles. The summed E-state index contributed by atoms with van der Waals surface area (Å²) in [5, 5.41) is 0. The van der Waals surface area contributed by atoms with Crippen LogP contribution in [0.2, 0.25) is 0 Å². The van der Waals surface area contributed by atoms with E-state index in [4.69, 9.17) is 0 Å². The zero-order chi connectivity index (χ0) is 10.4. The molecule has 1 saturated carbocycles. The summed E-state index contributed by atoms with van der Waals surface area (Å²) in [7, 11) is 0. The van der Waals surface area contributed by atoms with Crippen LogP contribution in [-0.2, 0) is 0 Å². The van der Waals surface area contributed by atoms with Crippen LogP contribution in [0, 0.1) is 17.8 Å². The molecule has 0 spiro atoms. The normalized spacial score (nSPS) is 37.5. The van der Waals surface area contributed by atoms with Gasteiger partial charge in [-0.15, -0.1) is 0 Å². The average molecular weight is 196 g/mol. The molecule has 0 N–H and O–H groups in total. The van der Waals surface area contributed by atoms with Gasteiger partial charge in [-0.25, -0.2) is 0 Å². The van der Waals surface area contributed by atoms with Gasteiger partial charge in [-0.2, -0.15) is 0 Å². The molecule has 1 aliphatic rings. The van der Waals surface area contributed by atoms with E-state index < -0.39 is 0 Å². The summed E-state index contributed by atoms with van der Waals surface area (Å²) >= 11 is 0. The summed E-state index contributed by atoms with van der Waals surface area (Å²) in [5.74, 6) is 2.83. The smallest absolute Gasteiger partial charge is 0.0391 e. The Morgan fingerprint density at radius 2 is 0.929 bits per heavy atom. The van der Waals surface area contributed by atoms with Crippen molar-refractivity contribution >= 4 is 0 Å². The Morgan fingerprint density at radius 1 is 0.571 bits per heavy atom. The molecule has 1 aliphatic carbocycles. The van der Waals surface area contributed by atoms with Gasteiger partial charge >= 0.3 is 0 Å². The lowest BCUT2D eigenvalue weighted by Gasteiger charge is -2.25. The minimum absolute atomic E-state index is 0.938. The molecule has 0 aliphatic heterocycles. The average Bonchev–Trinajstić information content (AvgIpc) is 2.21. The highest BCUT2D eigenvalue weighted by Crippen LogP contribution is 2.29. The first-order chi connectivity index (χ1) is 6.72. The molecule has 1 fully saturated rings. The van der Waals surface area contributed by atoms with Crippen molar-refractivity contribution < 1.29 is 0 Å². The number of rotatable bonds is 0. The number of hydrogen-bond acceptors (Lipinski definition) is 0. The van der Waals surface area contributed by atoms with Crippen LogP contribution in [0.15, 0.2) is 0 Å². The molecule has 0 heterocycles. The van der Waals surface area contributed by atoms with Crippen LogP contribution in [0.25, 0.3) is 0 Å². The van der Waals surface area contributed by atoms with Gasteiger partial charge < -0.3 is 0 Å². The van der Waals surface area contributed by atoms with Crippen LogP contribution in [-0.4, -0.2) is 0 Å². The van der Waals surface area contributed by atoms with Gasteiger partial charge in [-0.3, -0.25) is 0 Å². The molecule has 0 aromatic heterocycles. The van der Waals surface area contributed by atoms with Gasteiger partial charge in [0.25, 0.3) is 0 Å². The fourth-order valence-electron chi connectivity index (χ4n) is 2.73. The van der Waals surface area contributed by atoms with Gasteiger partial charge in [-0.05, 0) is 17.8 Å². The molecule has 0 aromatic rings. The fourth-order valence-corrected chi connectivity index (χ4v) is 2.73. The van der Waals surface area contributed by atoms with Crippen molar-refractivity contribution in [2.75, 3.05) is 0 Å². The summed E-state index contributed by atoms with van der Waals surface area (Å²) in [6.07, 6.45) is 11.8. The van der Waals surface area contributed by atoms with Crippen LogP contribution < -0.4 is 0 Å². The van der Waals surface area contributed by atoms with Crippen molar-refractivity contribution in [2.45, 2.75) is 72.1 Å². The third kappa shape index (κ3) is 4.02. The summed E-state index contributed by atoms with van der Waals surface area (Å²) < 4.78 is 0. The first kappa shape index (κ1) is 12.1. The predicted molar refractivity (Wildman–Crippen MR) is 64.4 cm³/mol. The molecule has 0 heteroatoms. The minimum atomic E-state index is 0.938. The molecule has 0 radical (unpaired) electrons. The SMILES string of the molecule is CC1CCCCCCCCC(C)C1C. The van der Waals surface area contributed by atoms with E-state index in [1.54, 1.807) is 0 Å². The van der Waals surface area contributed by atoms with E-state index in [2.05, 4.69) is 20.8 Å². The van der Waals surface area contributed by atoms with E-state index in [0.717, 1.165) is 17.8 Å². The Balaban J connectivity index is 2.40. The molecule has 14 heavy (non-hydrogen) atoms. The second kappa shape index (κ2) is 6.48. The van der Waals surface area contributed by atoms with Crippen molar-refractivity contribution in [2.24, 2.45) is 17.8 Å². The Hall–Kier alpha value is 0. The Labute approximate surface area is 90.5 Å². The molecular formula is C14H28. The molecule has 0 amide bonds. The molecule has 0 saturated heterocycles. The summed E-state index contributed by atoms with van der Waals surface area (Å²) in [6, 6.07) is 0. The van der Waals surface area contributed by atoms with Crippen molar-refractivity contribution in [3.63, 3.8) is 0 Å². The van der Waals surface area contributed by atoms with E-state index >= 15 is 0 Å². The maximum Gasteiger partial charge on any atom is -0.0391 e. The van der Waals surface area contributed by atoms with Gasteiger partial charge in [0.05, 0.1) is 0 Å². The second-order valence-corrected chi connectivity index (χ2v) is 5.51. The largest absolute Gasteiger partial charge is 0.0622 e. The zero-order valence-corrected chi connectivity index (χ0v) is 10.4. The lowest BCUT2D eigenvalue weighted by atomic mass is 9.80. The fraction of sp³-hybridized carbons (Fsp3) is 1.00. The van der Waals surface area contributed by atoms with E-state index in [1.807, 2.05) is 0 Å². The van der Waals surface area contributed by atoms with Gasteiger partial charge in [-0.1, -0.05) is 72.1 Å². The Morgan fingerprint density at radius 3 is 1.36 bits per heavy atom. The maximum atomic E-state index is 2.47. The predicted octanol–water partition coefficient (Wildman–Crippen LogP) is 5.03. The summed E-state index contributed by atoms with van der Waals surface area (Å²) in [4.78, 5) is 0. The highest BCUT2D eigenvalue weighted by Gasteiger charge is 2.18. The van der Waals surface area contributed by atoms with Crippen molar-refractivity contribution in [3.05, 3.63) is 0 Å². The van der Waals surface area contributed by atoms with Gasteiger partial charge in [0.2, 0.25) is 0 Å². The lowest BCUT2D eigenvalue weighted by Crippen LogP contribution is -2.16. The summed E-state index contributed by atoms with van der Waals surface area (Å²) in [5.41, 5.74) is 0. The molecule has 84 valence electrons. The van der Waals surface area contributed by atoms with E-state index in [9.17, 15) is 0 Å². The Kier molecular flexibility index (Phi) is 5.59. The Bertz CT molecular complexity index is 123. The third-order valence-electron chi connectivity index (χ3n) is 4.36. The van der Waals surface area contributed by atoms with Crippen LogP contribution in [0.4, 0.5) is 0 Å². The zero-order valence-electron chi connectivity index (χ0n) is 10.4. The molecule has 1 rings (SSSR count). The molecule has 2 atom stereocenters. The van der Waals surface area contributed by atoms with Crippen LogP contribution in [0.5, 0.6) is 0 Å². The second-order valence-electron chi connectivity index (χ2n) is 5.51.